The Balaban J connectivity index is 2.84. The summed E-state index contributed by atoms with van der Waals surface area (Å²) in [6.07, 6.45) is 1.79. The summed E-state index contributed by atoms with van der Waals surface area (Å²) in [6.45, 7) is 5.92. The van der Waals surface area contributed by atoms with Gasteiger partial charge in [-0.1, -0.05) is 13.8 Å². The molecule has 1 amide bonds. The Morgan fingerprint density at radius 3 is 2.72 bits per heavy atom. The van der Waals surface area contributed by atoms with E-state index in [9.17, 15) is 9.59 Å². The number of nitrogens with one attached hydrogen (secondary N) is 1. The summed E-state index contributed by atoms with van der Waals surface area (Å²) in [4.78, 5) is 23.4. The minimum Gasteiger partial charge on any atom is -0.462 e. The summed E-state index contributed by atoms with van der Waals surface area (Å²) < 4.78 is 6.35. The first kappa shape index (κ1) is 14.2. The number of carbonyl (C=O) groups is 2. The molecule has 0 saturated carbocycles. The van der Waals surface area contributed by atoms with Gasteiger partial charge in [0.25, 0.3) is 0 Å². The van der Waals surface area contributed by atoms with Gasteiger partial charge in [0.2, 0.25) is 5.91 Å². The van der Waals surface area contributed by atoms with E-state index in [2.05, 4.69) is 10.4 Å². The number of hydrogen-bond donors (Lipinski definition) is 1. The first-order valence-electron chi connectivity index (χ1n) is 5.94. The van der Waals surface area contributed by atoms with Gasteiger partial charge < -0.3 is 10.1 Å². The maximum Gasteiger partial charge on any atom is 0.343 e. The summed E-state index contributed by atoms with van der Waals surface area (Å²) in [7, 11) is 1.66. The molecule has 0 spiro atoms. The zero-order valence-electron chi connectivity index (χ0n) is 11.2. The number of esters is 1. The largest absolute Gasteiger partial charge is 0.462 e. The van der Waals surface area contributed by atoms with Crippen LogP contribution in [0.4, 0.5) is 5.82 Å². The molecule has 1 heterocycles. The summed E-state index contributed by atoms with van der Waals surface area (Å²) in [5.41, 5.74) is 0.274. The molecule has 18 heavy (non-hydrogen) atoms. The Morgan fingerprint density at radius 2 is 2.17 bits per heavy atom. The number of aromatic nitrogens is 2. The van der Waals surface area contributed by atoms with Crippen LogP contribution in [0.15, 0.2) is 6.20 Å². The molecule has 0 aliphatic rings. The number of carbonyl (C=O) groups excluding carboxylic acids is 2. The lowest BCUT2D eigenvalue weighted by Crippen LogP contribution is -2.18. The molecule has 0 unspecified atom stereocenters. The van der Waals surface area contributed by atoms with Crippen molar-refractivity contribution in [3.8, 4) is 0 Å². The lowest BCUT2D eigenvalue weighted by Gasteiger charge is -2.09. The van der Waals surface area contributed by atoms with Crippen LogP contribution in [-0.4, -0.2) is 28.3 Å². The van der Waals surface area contributed by atoms with Gasteiger partial charge in [0.1, 0.15) is 11.4 Å². The van der Waals surface area contributed by atoms with Gasteiger partial charge in [0.15, 0.2) is 0 Å². The average Bonchev–Trinajstić information content (AvgIpc) is 2.60. The summed E-state index contributed by atoms with van der Waals surface area (Å²) >= 11 is 0. The quantitative estimate of drug-likeness (QED) is 0.808. The van der Waals surface area contributed by atoms with E-state index in [1.54, 1.807) is 14.0 Å². The van der Waals surface area contributed by atoms with Crippen LogP contribution in [-0.2, 0) is 16.6 Å². The van der Waals surface area contributed by atoms with Crippen LogP contribution in [0.2, 0.25) is 0 Å². The van der Waals surface area contributed by atoms with Crippen LogP contribution < -0.4 is 5.32 Å². The highest BCUT2D eigenvalue weighted by Gasteiger charge is 2.19. The van der Waals surface area contributed by atoms with Gasteiger partial charge >= 0.3 is 5.97 Å². The Hall–Kier alpha value is -1.85. The Bertz CT molecular complexity index is 438. The van der Waals surface area contributed by atoms with Gasteiger partial charge in [0.05, 0.1) is 12.8 Å². The maximum absolute atomic E-state index is 11.7. The first-order chi connectivity index (χ1) is 8.45. The van der Waals surface area contributed by atoms with E-state index in [1.807, 2.05) is 13.8 Å². The molecule has 0 fully saturated rings. The van der Waals surface area contributed by atoms with Crippen LogP contribution in [0.1, 0.15) is 37.6 Å². The summed E-state index contributed by atoms with van der Waals surface area (Å²) in [5, 5.41) is 6.64. The first-order valence-corrected chi connectivity index (χ1v) is 5.94. The molecule has 1 rings (SSSR count). The van der Waals surface area contributed by atoms with E-state index < -0.39 is 5.97 Å². The SMILES string of the molecule is CCOC(=O)c1cnn(C)c1NC(=O)CC(C)C. The van der Waals surface area contributed by atoms with Gasteiger partial charge in [-0.25, -0.2) is 4.79 Å². The number of rotatable bonds is 5. The van der Waals surface area contributed by atoms with E-state index in [4.69, 9.17) is 4.74 Å². The predicted octanol–water partition coefficient (Wildman–Crippen LogP) is 1.58. The van der Waals surface area contributed by atoms with Gasteiger partial charge in [-0.2, -0.15) is 5.10 Å². The molecule has 0 atom stereocenters. The summed E-state index contributed by atoms with van der Waals surface area (Å²) in [6, 6.07) is 0. The molecule has 0 aromatic carbocycles. The second-order valence-corrected chi connectivity index (χ2v) is 4.40. The maximum atomic E-state index is 11.7. The second-order valence-electron chi connectivity index (χ2n) is 4.40. The van der Waals surface area contributed by atoms with Crippen LogP contribution in [0, 0.1) is 5.92 Å². The highest BCUT2D eigenvalue weighted by Crippen LogP contribution is 2.16. The molecule has 0 radical (unpaired) electrons. The van der Waals surface area contributed by atoms with Crippen molar-refractivity contribution in [2.24, 2.45) is 13.0 Å². The van der Waals surface area contributed by atoms with Crippen molar-refractivity contribution in [3.05, 3.63) is 11.8 Å². The van der Waals surface area contributed by atoms with Crippen LogP contribution in [0.3, 0.4) is 0 Å². The lowest BCUT2D eigenvalue weighted by atomic mass is 10.1. The van der Waals surface area contributed by atoms with Crippen molar-refractivity contribution in [1.29, 1.82) is 0 Å². The van der Waals surface area contributed by atoms with Gasteiger partial charge in [-0.05, 0) is 12.8 Å². The standard InChI is InChI=1S/C12H19N3O3/c1-5-18-12(17)9-7-13-15(4)11(9)14-10(16)6-8(2)3/h7-8H,5-6H2,1-4H3,(H,14,16). The Kier molecular flexibility index (Phi) is 4.88. The van der Waals surface area contributed by atoms with Crippen LogP contribution >= 0.6 is 0 Å². The average molecular weight is 253 g/mol. The van der Waals surface area contributed by atoms with Gasteiger partial charge in [-0.15, -0.1) is 0 Å². The van der Waals surface area contributed by atoms with Crippen molar-refractivity contribution in [2.45, 2.75) is 27.2 Å². The fraction of sp³-hybridized carbons (Fsp3) is 0.583. The monoisotopic (exact) mass is 253 g/mol. The molecule has 0 bridgehead atoms. The highest BCUT2D eigenvalue weighted by atomic mass is 16.5. The Morgan fingerprint density at radius 1 is 1.50 bits per heavy atom. The van der Waals surface area contributed by atoms with Crippen molar-refractivity contribution in [2.75, 3.05) is 11.9 Å². The predicted molar refractivity (Wildman–Crippen MR) is 67.2 cm³/mol. The molecule has 0 aliphatic carbocycles. The van der Waals surface area contributed by atoms with Crippen molar-refractivity contribution < 1.29 is 14.3 Å². The molecule has 6 nitrogen and oxygen atoms in total. The van der Waals surface area contributed by atoms with Gasteiger partial charge in [0, 0.05) is 13.5 Å². The van der Waals surface area contributed by atoms with E-state index in [1.165, 1.54) is 10.9 Å². The third-order valence-electron chi connectivity index (χ3n) is 2.29. The number of ether oxygens (including phenoxy) is 1. The summed E-state index contributed by atoms with van der Waals surface area (Å²) in [5.74, 6) is 0.00738. The number of nitrogens with zero attached hydrogens (tertiary/aromatic N) is 2. The van der Waals surface area contributed by atoms with E-state index in [0.717, 1.165) is 0 Å². The molecule has 0 saturated heterocycles. The minimum absolute atomic E-state index is 0.140. The zero-order valence-corrected chi connectivity index (χ0v) is 11.2. The fourth-order valence-electron chi connectivity index (χ4n) is 1.50. The fourth-order valence-corrected chi connectivity index (χ4v) is 1.50. The lowest BCUT2D eigenvalue weighted by molar-refractivity contribution is -0.116. The molecule has 1 aromatic heterocycles. The Labute approximate surface area is 106 Å². The third-order valence-corrected chi connectivity index (χ3v) is 2.29. The van der Waals surface area contributed by atoms with Crippen molar-refractivity contribution >= 4 is 17.7 Å². The molecule has 0 aliphatic heterocycles. The third kappa shape index (κ3) is 3.58. The second kappa shape index (κ2) is 6.18. The van der Waals surface area contributed by atoms with Gasteiger partial charge in [-0.3, -0.25) is 9.48 Å². The molecular weight excluding hydrogens is 234 g/mol. The molecule has 1 aromatic rings. The van der Waals surface area contributed by atoms with Crippen molar-refractivity contribution in [1.82, 2.24) is 9.78 Å². The van der Waals surface area contributed by atoms with Crippen molar-refractivity contribution in [3.63, 3.8) is 0 Å². The molecule has 6 heteroatoms. The van der Waals surface area contributed by atoms with E-state index in [-0.39, 0.29) is 24.0 Å². The number of hydrogen-bond acceptors (Lipinski definition) is 4. The highest BCUT2D eigenvalue weighted by molar-refractivity contribution is 6.00. The van der Waals surface area contributed by atoms with E-state index >= 15 is 0 Å². The van der Waals surface area contributed by atoms with Crippen LogP contribution in [0.5, 0.6) is 0 Å². The molecule has 100 valence electrons. The number of amides is 1. The smallest absolute Gasteiger partial charge is 0.343 e. The molecular formula is C12H19N3O3. The number of anilines is 1. The minimum atomic E-state index is -0.481. The normalized spacial score (nSPS) is 10.5. The van der Waals surface area contributed by atoms with Crippen LogP contribution in [0.25, 0.3) is 0 Å². The zero-order chi connectivity index (χ0) is 13.7. The molecule has 1 N–H and O–H groups in total. The topological polar surface area (TPSA) is 73.2 Å². The van der Waals surface area contributed by atoms with E-state index in [0.29, 0.717) is 12.2 Å². The number of aryl methyl sites for hydroxylation is 1.